The van der Waals surface area contributed by atoms with Gasteiger partial charge in [-0.1, -0.05) is 6.07 Å². The van der Waals surface area contributed by atoms with Crippen LogP contribution in [0.25, 0.3) is 0 Å². The Kier molecular flexibility index (Phi) is 4.21. The van der Waals surface area contributed by atoms with E-state index in [4.69, 9.17) is 14.2 Å². The van der Waals surface area contributed by atoms with Crippen molar-refractivity contribution in [2.24, 2.45) is 0 Å². The Morgan fingerprint density at radius 3 is 2.87 bits per heavy atom. The minimum Gasteiger partial charge on any atom is -0.493 e. The summed E-state index contributed by atoms with van der Waals surface area (Å²) in [6.07, 6.45) is 0.404. The Balaban J connectivity index is 1.78. The van der Waals surface area contributed by atoms with E-state index in [-0.39, 0.29) is 5.54 Å². The highest BCUT2D eigenvalue weighted by atomic mass is 16.6. The molecule has 0 unspecified atom stereocenters. The van der Waals surface area contributed by atoms with Crippen LogP contribution in [0.5, 0.6) is 5.75 Å². The number of nitrogens with one attached hydrogen (secondary N) is 2. The van der Waals surface area contributed by atoms with Crippen molar-refractivity contribution in [3.63, 3.8) is 0 Å². The third-order valence-corrected chi connectivity index (χ3v) is 3.99. The Hall–Kier alpha value is -1.79. The molecule has 2 heterocycles. The van der Waals surface area contributed by atoms with E-state index in [0.29, 0.717) is 18.9 Å². The lowest BCUT2D eigenvalue weighted by Crippen LogP contribution is -2.54. The molecule has 1 spiro atoms. The first-order chi connectivity index (χ1) is 10.9. The molecule has 1 aromatic rings. The van der Waals surface area contributed by atoms with Crippen molar-refractivity contribution < 1.29 is 19.0 Å². The number of ether oxygens (including phenoxy) is 3. The van der Waals surface area contributed by atoms with Gasteiger partial charge < -0.3 is 19.5 Å². The zero-order chi connectivity index (χ0) is 16.5. The Morgan fingerprint density at radius 1 is 1.35 bits per heavy atom. The first-order valence-electron chi connectivity index (χ1n) is 7.98. The number of amides is 1. The summed E-state index contributed by atoms with van der Waals surface area (Å²) in [4.78, 5) is 11.9. The molecule has 2 aliphatic rings. The highest BCUT2D eigenvalue weighted by Crippen LogP contribution is 2.39. The molecule has 0 aliphatic carbocycles. The molecule has 6 nitrogen and oxygen atoms in total. The number of fused-ring (bicyclic) bond motifs is 2. The standard InChI is InChI=1S/C17H24N2O4/c1-16(2,3)23-15(20)19-12-4-5-13-14(10-12)22-8-6-17(13)11-21-9-7-18-17/h4-5,10,18H,6-9,11H2,1-3H3,(H,19,20)/t17-/m0/s1. The number of benzene rings is 1. The number of hydrogen-bond acceptors (Lipinski definition) is 5. The van der Waals surface area contributed by atoms with Crippen LogP contribution in [0.4, 0.5) is 10.5 Å². The van der Waals surface area contributed by atoms with Gasteiger partial charge in [0.15, 0.2) is 0 Å². The Bertz CT molecular complexity index is 589. The summed E-state index contributed by atoms with van der Waals surface area (Å²) in [5.41, 5.74) is 1.03. The van der Waals surface area contributed by atoms with Crippen molar-refractivity contribution in [1.29, 1.82) is 0 Å². The number of carbonyl (C=O) groups excluding carboxylic acids is 1. The first kappa shape index (κ1) is 16.1. The van der Waals surface area contributed by atoms with Gasteiger partial charge in [-0.3, -0.25) is 5.32 Å². The van der Waals surface area contributed by atoms with Crippen molar-refractivity contribution in [1.82, 2.24) is 5.32 Å². The van der Waals surface area contributed by atoms with Crippen molar-refractivity contribution >= 4 is 11.8 Å². The van der Waals surface area contributed by atoms with E-state index in [1.807, 2.05) is 39.0 Å². The molecule has 1 atom stereocenters. The molecule has 23 heavy (non-hydrogen) atoms. The van der Waals surface area contributed by atoms with Crippen LogP contribution in [0, 0.1) is 0 Å². The zero-order valence-corrected chi connectivity index (χ0v) is 13.9. The fourth-order valence-electron chi connectivity index (χ4n) is 3.00. The molecule has 2 N–H and O–H groups in total. The molecule has 126 valence electrons. The van der Waals surface area contributed by atoms with Crippen LogP contribution in [0.3, 0.4) is 0 Å². The lowest BCUT2D eigenvalue weighted by Gasteiger charge is -2.42. The number of hydrogen-bond donors (Lipinski definition) is 2. The first-order valence-corrected chi connectivity index (χ1v) is 7.98. The van der Waals surface area contributed by atoms with Gasteiger partial charge in [-0.15, -0.1) is 0 Å². The minimum atomic E-state index is -0.526. The van der Waals surface area contributed by atoms with Crippen LogP contribution in [-0.2, 0) is 15.0 Å². The smallest absolute Gasteiger partial charge is 0.412 e. The molecule has 3 rings (SSSR count). The topological polar surface area (TPSA) is 68.8 Å². The SMILES string of the molecule is CC(C)(C)OC(=O)Nc1ccc2c(c1)OCC[C@]21COCCN1. The summed E-state index contributed by atoms with van der Waals surface area (Å²) in [7, 11) is 0. The van der Waals surface area contributed by atoms with Gasteiger partial charge in [0.2, 0.25) is 0 Å². The number of rotatable bonds is 1. The van der Waals surface area contributed by atoms with Gasteiger partial charge in [0.1, 0.15) is 11.4 Å². The fourth-order valence-corrected chi connectivity index (χ4v) is 3.00. The van der Waals surface area contributed by atoms with E-state index in [1.165, 1.54) is 0 Å². The van der Waals surface area contributed by atoms with Gasteiger partial charge in [0.25, 0.3) is 0 Å². The molecule has 2 aliphatic heterocycles. The highest BCUT2D eigenvalue weighted by Gasteiger charge is 2.39. The van der Waals surface area contributed by atoms with Crippen molar-refractivity contribution in [2.45, 2.75) is 38.3 Å². The Labute approximate surface area is 136 Å². The molecule has 6 heteroatoms. The van der Waals surface area contributed by atoms with E-state index >= 15 is 0 Å². The predicted octanol–water partition coefficient (Wildman–Crippen LogP) is 2.63. The van der Waals surface area contributed by atoms with Gasteiger partial charge >= 0.3 is 6.09 Å². The zero-order valence-electron chi connectivity index (χ0n) is 13.9. The summed E-state index contributed by atoms with van der Waals surface area (Å²) >= 11 is 0. The molecule has 1 saturated heterocycles. The predicted molar refractivity (Wildman–Crippen MR) is 86.9 cm³/mol. The van der Waals surface area contributed by atoms with Gasteiger partial charge in [-0.05, 0) is 26.8 Å². The summed E-state index contributed by atoms with van der Waals surface area (Å²) in [6, 6.07) is 5.70. The van der Waals surface area contributed by atoms with E-state index < -0.39 is 11.7 Å². The summed E-state index contributed by atoms with van der Waals surface area (Å²) in [6.45, 7) is 8.33. The molecule has 0 saturated carbocycles. The summed E-state index contributed by atoms with van der Waals surface area (Å²) in [5.74, 6) is 0.780. The van der Waals surface area contributed by atoms with E-state index in [9.17, 15) is 4.79 Å². The van der Waals surface area contributed by atoms with E-state index in [1.54, 1.807) is 0 Å². The van der Waals surface area contributed by atoms with Crippen LogP contribution in [-0.4, -0.2) is 38.1 Å². The third-order valence-electron chi connectivity index (χ3n) is 3.99. The molecule has 1 fully saturated rings. The van der Waals surface area contributed by atoms with Crippen LogP contribution in [0.15, 0.2) is 18.2 Å². The molecular formula is C17H24N2O4. The average molecular weight is 320 g/mol. The summed E-state index contributed by atoms with van der Waals surface area (Å²) in [5, 5.41) is 6.31. The third kappa shape index (κ3) is 3.59. The maximum absolute atomic E-state index is 11.9. The molecule has 0 aromatic heterocycles. The molecule has 1 amide bonds. The van der Waals surface area contributed by atoms with Crippen molar-refractivity contribution in [3.8, 4) is 5.75 Å². The maximum atomic E-state index is 11.9. The summed E-state index contributed by atoms with van der Waals surface area (Å²) < 4.78 is 16.7. The minimum absolute atomic E-state index is 0.184. The van der Waals surface area contributed by atoms with Crippen LogP contribution >= 0.6 is 0 Å². The lowest BCUT2D eigenvalue weighted by molar-refractivity contribution is 0.00566. The molecule has 0 radical (unpaired) electrons. The maximum Gasteiger partial charge on any atom is 0.412 e. The van der Waals surface area contributed by atoms with Crippen molar-refractivity contribution in [3.05, 3.63) is 23.8 Å². The molecule has 1 aromatic carbocycles. The van der Waals surface area contributed by atoms with Crippen LogP contribution < -0.4 is 15.4 Å². The van der Waals surface area contributed by atoms with Gasteiger partial charge in [-0.2, -0.15) is 0 Å². The number of morpholine rings is 1. The Morgan fingerprint density at radius 2 is 2.17 bits per heavy atom. The monoisotopic (exact) mass is 320 g/mol. The molecular weight excluding hydrogens is 296 g/mol. The van der Waals surface area contributed by atoms with Gasteiger partial charge in [0, 0.05) is 30.3 Å². The average Bonchev–Trinajstić information content (AvgIpc) is 2.46. The van der Waals surface area contributed by atoms with E-state index in [2.05, 4.69) is 10.6 Å². The fraction of sp³-hybridized carbons (Fsp3) is 0.588. The van der Waals surface area contributed by atoms with Gasteiger partial charge in [0.05, 0.1) is 25.4 Å². The van der Waals surface area contributed by atoms with Crippen LogP contribution in [0.1, 0.15) is 32.8 Å². The molecule has 0 bridgehead atoms. The highest BCUT2D eigenvalue weighted by molar-refractivity contribution is 5.85. The largest absolute Gasteiger partial charge is 0.493 e. The van der Waals surface area contributed by atoms with Crippen LogP contribution in [0.2, 0.25) is 0 Å². The second-order valence-electron chi connectivity index (χ2n) is 7.00. The normalized spacial score (nSPS) is 23.8. The second-order valence-corrected chi connectivity index (χ2v) is 7.00. The van der Waals surface area contributed by atoms with E-state index in [0.717, 1.165) is 30.9 Å². The lowest BCUT2D eigenvalue weighted by atomic mass is 9.84. The second kappa shape index (κ2) is 6.02. The van der Waals surface area contributed by atoms with Crippen molar-refractivity contribution in [2.75, 3.05) is 31.7 Å². The van der Waals surface area contributed by atoms with Gasteiger partial charge in [-0.25, -0.2) is 4.79 Å². The quantitative estimate of drug-likeness (QED) is 0.832. The number of anilines is 1. The number of carbonyl (C=O) groups is 1.